The highest BCUT2D eigenvalue weighted by Gasteiger charge is 2.34. The maximum Gasteiger partial charge on any atom is 0.422 e. The van der Waals surface area contributed by atoms with Gasteiger partial charge in [0.05, 0.1) is 5.92 Å². The monoisotopic (exact) mass is 448 g/mol. The van der Waals surface area contributed by atoms with E-state index in [1.807, 2.05) is 0 Å². The van der Waals surface area contributed by atoms with Crippen LogP contribution in [0.2, 0.25) is 0 Å². The lowest BCUT2D eigenvalue weighted by Crippen LogP contribution is -2.43. The number of alkyl halides is 3. The molecule has 2 heterocycles. The highest BCUT2D eigenvalue weighted by molar-refractivity contribution is 7.91. The van der Waals surface area contributed by atoms with E-state index < -0.39 is 28.7 Å². The molecular weight excluding hydrogens is 429 g/mol. The number of piperidine rings is 1. The number of nitrogens with zero attached hydrogens (tertiary/aromatic N) is 1. The van der Waals surface area contributed by atoms with Gasteiger partial charge in [0, 0.05) is 18.8 Å². The summed E-state index contributed by atoms with van der Waals surface area (Å²) in [6, 6.07) is 8.73. The average Bonchev–Trinajstić information content (AvgIpc) is 3.23. The summed E-state index contributed by atoms with van der Waals surface area (Å²) < 4.78 is 68.0. The Hall–Kier alpha value is -2.11. The lowest BCUT2D eigenvalue weighted by atomic mass is 9.99. The Kier molecular flexibility index (Phi) is 6.49. The number of benzene rings is 1. The molecule has 1 saturated heterocycles. The van der Waals surface area contributed by atoms with Gasteiger partial charge >= 0.3 is 6.18 Å². The summed E-state index contributed by atoms with van der Waals surface area (Å²) in [5, 5.41) is 4.37. The molecule has 0 radical (unpaired) electrons. The fraction of sp³-hybridized carbons (Fsp3) is 0.389. The number of carbonyl (C=O) groups excluding carboxylic acids is 1. The van der Waals surface area contributed by atoms with Gasteiger partial charge in [0.2, 0.25) is 5.91 Å². The van der Waals surface area contributed by atoms with Crippen LogP contribution in [0, 0.1) is 5.92 Å². The van der Waals surface area contributed by atoms with Gasteiger partial charge in [-0.15, -0.1) is 11.3 Å². The van der Waals surface area contributed by atoms with Crippen molar-refractivity contribution in [1.29, 1.82) is 0 Å². The molecule has 0 unspecified atom stereocenters. The Bertz CT molecular complexity index is 929. The van der Waals surface area contributed by atoms with E-state index in [2.05, 4.69) is 10.1 Å². The summed E-state index contributed by atoms with van der Waals surface area (Å²) in [7, 11) is -3.62. The van der Waals surface area contributed by atoms with Gasteiger partial charge < -0.3 is 10.1 Å². The van der Waals surface area contributed by atoms with Crippen molar-refractivity contribution in [2.24, 2.45) is 5.92 Å². The van der Waals surface area contributed by atoms with Crippen molar-refractivity contribution in [2.45, 2.75) is 23.2 Å². The van der Waals surface area contributed by atoms with E-state index in [4.69, 9.17) is 0 Å². The van der Waals surface area contributed by atoms with Crippen molar-refractivity contribution in [3.05, 3.63) is 41.8 Å². The maximum atomic E-state index is 12.7. The van der Waals surface area contributed by atoms with Gasteiger partial charge in [-0.3, -0.25) is 4.79 Å². The van der Waals surface area contributed by atoms with E-state index in [1.165, 1.54) is 34.6 Å². The molecule has 1 aliphatic rings. The number of hydrogen-bond acceptors (Lipinski definition) is 5. The molecule has 0 aliphatic carbocycles. The Labute approximate surface area is 170 Å². The first kappa shape index (κ1) is 21.6. The standard InChI is InChI=1S/C18H19F3N2O4S2/c19-18(20,21)12-27-15-7-5-14(6-8-15)22-17(24)13-3-1-9-23(11-13)29(25,26)16-4-2-10-28-16/h2,4-8,10,13H,1,3,9,11-12H2,(H,22,24)/t13-/m0/s1. The highest BCUT2D eigenvalue weighted by Crippen LogP contribution is 2.27. The third-order valence-corrected chi connectivity index (χ3v) is 7.61. The second-order valence-electron chi connectivity index (χ2n) is 6.55. The molecule has 6 nitrogen and oxygen atoms in total. The van der Waals surface area contributed by atoms with E-state index in [-0.39, 0.29) is 22.4 Å². The number of thiophene rings is 1. The number of rotatable bonds is 6. The molecule has 1 N–H and O–H groups in total. The van der Waals surface area contributed by atoms with Crippen LogP contribution in [0.5, 0.6) is 5.75 Å². The Morgan fingerprint density at radius 1 is 1.24 bits per heavy atom. The molecule has 1 aliphatic heterocycles. The van der Waals surface area contributed by atoms with Crippen LogP contribution in [0.3, 0.4) is 0 Å². The van der Waals surface area contributed by atoms with Crippen LogP contribution < -0.4 is 10.1 Å². The predicted molar refractivity (Wildman–Crippen MR) is 102 cm³/mol. The first-order valence-corrected chi connectivity index (χ1v) is 11.1. The zero-order chi connectivity index (χ0) is 21.1. The number of carbonyl (C=O) groups is 1. The minimum Gasteiger partial charge on any atom is -0.484 e. The maximum absolute atomic E-state index is 12.7. The summed E-state index contributed by atoms with van der Waals surface area (Å²) in [5.41, 5.74) is 0.396. The average molecular weight is 448 g/mol. The summed E-state index contributed by atoms with van der Waals surface area (Å²) in [4.78, 5) is 12.6. The molecule has 11 heteroatoms. The second kappa shape index (κ2) is 8.72. The number of anilines is 1. The van der Waals surface area contributed by atoms with Crippen LogP contribution in [0.4, 0.5) is 18.9 Å². The number of halogens is 3. The molecule has 158 valence electrons. The molecule has 2 aromatic rings. The van der Waals surface area contributed by atoms with E-state index in [0.29, 0.717) is 25.1 Å². The molecule has 29 heavy (non-hydrogen) atoms. The summed E-state index contributed by atoms with van der Waals surface area (Å²) >= 11 is 1.13. The minimum atomic E-state index is -4.43. The summed E-state index contributed by atoms with van der Waals surface area (Å²) in [6.07, 6.45) is -3.31. The van der Waals surface area contributed by atoms with E-state index in [0.717, 1.165) is 11.3 Å². The van der Waals surface area contributed by atoms with E-state index >= 15 is 0 Å². The fourth-order valence-electron chi connectivity index (χ4n) is 2.96. The summed E-state index contributed by atoms with van der Waals surface area (Å²) in [5.74, 6) is -0.814. The molecule has 1 aromatic heterocycles. The lowest BCUT2D eigenvalue weighted by molar-refractivity contribution is -0.153. The fourth-order valence-corrected chi connectivity index (χ4v) is 5.62. The lowest BCUT2D eigenvalue weighted by Gasteiger charge is -2.30. The minimum absolute atomic E-state index is 0.0335. The normalized spacial score (nSPS) is 18.4. The molecule has 3 rings (SSSR count). The topological polar surface area (TPSA) is 75.7 Å². The van der Waals surface area contributed by atoms with Crippen LogP contribution in [0.25, 0.3) is 0 Å². The molecule has 1 fully saturated rings. The number of amides is 1. The van der Waals surface area contributed by atoms with Crippen LogP contribution in [-0.4, -0.2) is 44.5 Å². The Morgan fingerprint density at radius 3 is 2.59 bits per heavy atom. The molecule has 1 atom stereocenters. The predicted octanol–water partition coefficient (Wildman–Crippen LogP) is 3.73. The molecular formula is C18H19F3N2O4S2. The second-order valence-corrected chi connectivity index (χ2v) is 9.66. The zero-order valence-corrected chi connectivity index (χ0v) is 16.8. The number of hydrogen-bond donors (Lipinski definition) is 1. The van der Waals surface area contributed by atoms with Crippen molar-refractivity contribution >= 4 is 33.0 Å². The first-order chi connectivity index (χ1) is 13.6. The van der Waals surface area contributed by atoms with Crippen LogP contribution >= 0.6 is 11.3 Å². The third kappa shape index (κ3) is 5.71. The largest absolute Gasteiger partial charge is 0.484 e. The van der Waals surface area contributed by atoms with Gasteiger partial charge in [0.1, 0.15) is 9.96 Å². The Morgan fingerprint density at radius 2 is 1.97 bits per heavy atom. The van der Waals surface area contributed by atoms with Gasteiger partial charge in [0.25, 0.3) is 10.0 Å². The van der Waals surface area contributed by atoms with Crippen molar-refractivity contribution in [3.8, 4) is 5.75 Å². The molecule has 0 spiro atoms. The molecule has 0 bridgehead atoms. The van der Waals surface area contributed by atoms with Crippen molar-refractivity contribution in [3.63, 3.8) is 0 Å². The quantitative estimate of drug-likeness (QED) is 0.731. The molecule has 0 saturated carbocycles. The van der Waals surface area contributed by atoms with Gasteiger partial charge in [-0.05, 0) is 48.6 Å². The first-order valence-electron chi connectivity index (χ1n) is 8.79. The van der Waals surface area contributed by atoms with Crippen molar-refractivity contribution < 1.29 is 31.1 Å². The zero-order valence-electron chi connectivity index (χ0n) is 15.2. The van der Waals surface area contributed by atoms with Gasteiger partial charge in [-0.1, -0.05) is 6.07 Å². The summed E-state index contributed by atoms with van der Waals surface area (Å²) in [6.45, 7) is -0.955. The number of sulfonamides is 1. The van der Waals surface area contributed by atoms with Crippen molar-refractivity contribution in [1.82, 2.24) is 4.31 Å². The van der Waals surface area contributed by atoms with Crippen LogP contribution in [0.15, 0.2) is 46.0 Å². The SMILES string of the molecule is O=C(Nc1ccc(OCC(F)(F)F)cc1)[C@H]1CCCN(S(=O)(=O)c2cccs2)C1. The van der Waals surface area contributed by atoms with Gasteiger partial charge in [-0.25, -0.2) is 8.42 Å². The Balaban J connectivity index is 1.59. The number of nitrogens with one attached hydrogen (secondary N) is 1. The smallest absolute Gasteiger partial charge is 0.422 e. The van der Waals surface area contributed by atoms with Gasteiger partial charge in [0.15, 0.2) is 6.61 Å². The van der Waals surface area contributed by atoms with E-state index in [1.54, 1.807) is 11.4 Å². The number of ether oxygens (including phenoxy) is 1. The van der Waals surface area contributed by atoms with E-state index in [9.17, 15) is 26.4 Å². The van der Waals surface area contributed by atoms with Crippen LogP contribution in [0.1, 0.15) is 12.8 Å². The van der Waals surface area contributed by atoms with Gasteiger partial charge in [-0.2, -0.15) is 17.5 Å². The highest BCUT2D eigenvalue weighted by atomic mass is 32.2. The molecule has 1 amide bonds. The van der Waals surface area contributed by atoms with Crippen LogP contribution in [-0.2, 0) is 14.8 Å². The third-order valence-electron chi connectivity index (χ3n) is 4.37. The molecule has 1 aromatic carbocycles. The van der Waals surface area contributed by atoms with Crippen molar-refractivity contribution in [2.75, 3.05) is 25.0 Å².